The third kappa shape index (κ3) is 3.76. The van der Waals surface area contributed by atoms with Crippen LogP contribution in [-0.2, 0) is 4.79 Å². The van der Waals surface area contributed by atoms with Crippen LogP contribution < -0.4 is 5.32 Å². The van der Waals surface area contributed by atoms with Crippen LogP contribution in [0.15, 0.2) is 0 Å². The molecule has 0 aromatic heterocycles. The summed E-state index contributed by atoms with van der Waals surface area (Å²) in [5.41, 5.74) is 0. The van der Waals surface area contributed by atoms with E-state index < -0.39 is 0 Å². The number of likely N-dealkylation sites (tertiary alicyclic amines) is 1. The van der Waals surface area contributed by atoms with Crippen molar-refractivity contribution in [2.75, 3.05) is 24.7 Å². The Bertz CT molecular complexity index is 249. The molecule has 0 aromatic rings. The molecule has 1 amide bonds. The van der Waals surface area contributed by atoms with E-state index in [0.29, 0.717) is 5.91 Å². The van der Waals surface area contributed by atoms with Gasteiger partial charge in [0.15, 0.2) is 0 Å². The molecular weight excluding hydrogens is 256 g/mol. The van der Waals surface area contributed by atoms with E-state index in [9.17, 15) is 4.79 Å². The number of carbonyl (C=O) groups excluding carboxylic acids is 1. The summed E-state index contributed by atoms with van der Waals surface area (Å²) < 4.78 is 0. The lowest BCUT2D eigenvalue weighted by molar-refractivity contribution is -0.134. The SMILES string of the molecule is CC(C)C1CCN(C(=O)C2CSCN2)CC1.Cl. The van der Waals surface area contributed by atoms with Gasteiger partial charge in [-0.25, -0.2) is 0 Å². The van der Waals surface area contributed by atoms with Gasteiger partial charge in [-0.2, -0.15) is 0 Å². The molecule has 0 radical (unpaired) electrons. The van der Waals surface area contributed by atoms with E-state index in [4.69, 9.17) is 0 Å². The molecule has 2 saturated heterocycles. The highest BCUT2D eigenvalue weighted by atomic mass is 35.5. The van der Waals surface area contributed by atoms with Crippen molar-refractivity contribution < 1.29 is 4.79 Å². The van der Waals surface area contributed by atoms with E-state index in [2.05, 4.69) is 24.1 Å². The van der Waals surface area contributed by atoms with Gasteiger partial charge in [-0.1, -0.05) is 13.8 Å². The molecule has 0 aromatic carbocycles. The monoisotopic (exact) mass is 278 g/mol. The second-order valence-corrected chi connectivity index (χ2v) is 6.21. The van der Waals surface area contributed by atoms with Gasteiger partial charge < -0.3 is 4.90 Å². The highest BCUT2D eigenvalue weighted by Gasteiger charge is 2.30. The molecule has 100 valence electrons. The zero-order valence-corrected chi connectivity index (χ0v) is 12.3. The molecule has 1 atom stereocenters. The number of amides is 1. The molecule has 0 saturated carbocycles. The van der Waals surface area contributed by atoms with Crippen LogP contribution in [-0.4, -0.2) is 41.6 Å². The van der Waals surface area contributed by atoms with Gasteiger partial charge in [-0.15, -0.1) is 24.2 Å². The fourth-order valence-electron chi connectivity index (χ4n) is 2.56. The van der Waals surface area contributed by atoms with Crippen LogP contribution in [0.4, 0.5) is 0 Å². The summed E-state index contributed by atoms with van der Waals surface area (Å²) in [5, 5.41) is 3.26. The molecular formula is C12H23ClN2OS. The zero-order chi connectivity index (χ0) is 11.5. The number of piperidine rings is 1. The summed E-state index contributed by atoms with van der Waals surface area (Å²) in [5.74, 6) is 3.78. The number of halogens is 1. The summed E-state index contributed by atoms with van der Waals surface area (Å²) >= 11 is 1.82. The minimum Gasteiger partial charge on any atom is -0.341 e. The number of hydrogen-bond donors (Lipinski definition) is 1. The van der Waals surface area contributed by atoms with Crippen molar-refractivity contribution in [3.63, 3.8) is 0 Å². The first-order valence-electron chi connectivity index (χ1n) is 6.28. The lowest BCUT2D eigenvalue weighted by atomic mass is 9.86. The first-order valence-corrected chi connectivity index (χ1v) is 7.44. The molecule has 0 aliphatic carbocycles. The van der Waals surface area contributed by atoms with E-state index in [1.807, 2.05) is 11.8 Å². The third-order valence-corrected chi connectivity index (χ3v) is 4.75. The largest absolute Gasteiger partial charge is 0.341 e. The Hall–Kier alpha value is 0.0700. The lowest BCUT2D eigenvalue weighted by Crippen LogP contribution is -2.48. The van der Waals surface area contributed by atoms with Crippen LogP contribution in [0.2, 0.25) is 0 Å². The van der Waals surface area contributed by atoms with E-state index in [-0.39, 0.29) is 18.4 Å². The molecule has 5 heteroatoms. The predicted molar refractivity (Wildman–Crippen MR) is 75.6 cm³/mol. The van der Waals surface area contributed by atoms with Gasteiger partial charge in [0.25, 0.3) is 0 Å². The average molecular weight is 279 g/mol. The van der Waals surface area contributed by atoms with E-state index in [1.54, 1.807) is 0 Å². The molecule has 2 aliphatic rings. The molecule has 3 nitrogen and oxygen atoms in total. The van der Waals surface area contributed by atoms with Gasteiger partial charge in [-0.05, 0) is 24.7 Å². The molecule has 17 heavy (non-hydrogen) atoms. The molecule has 1 N–H and O–H groups in total. The molecule has 2 rings (SSSR count). The van der Waals surface area contributed by atoms with Crippen molar-refractivity contribution >= 4 is 30.1 Å². The van der Waals surface area contributed by atoms with Crippen molar-refractivity contribution in [3.8, 4) is 0 Å². The number of nitrogens with one attached hydrogen (secondary N) is 1. The molecule has 2 fully saturated rings. The molecule has 1 unspecified atom stereocenters. The van der Waals surface area contributed by atoms with Crippen LogP contribution in [0.25, 0.3) is 0 Å². The summed E-state index contributed by atoms with van der Waals surface area (Å²) in [7, 11) is 0. The smallest absolute Gasteiger partial charge is 0.240 e. The van der Waals surface area contributed by atoms with Crippen LogP contribution in [0, 0.1) is 11.8 Å². The Morgan fingerprint density at radius 1 is 1.35 bits per heavy atom. The molecule has 2 heterocycles. The van der Waals surface area contributed by atoms with Crippen molar-refractivity contribution in [2.24, 2.45) is 11.8 Å². The van der Waals surface area contributed by atoms with Gasteiger partial charge in [0.2, 0.25) is 5.91 Å². The molecule has 2 aliphatic heterocycles. The first-order chi connectivity index (χ1) is 7.68. The minimum absolute atomic E-state index is 0. The van der Waals surface area contributed by atoms with Gasteiger partial charge >= 0.3 is 0 Å². The van der Waals surface area contributed by atoms with Gasteiger partial charge in [0.05, 0.1) is 6.04 Å². The van der Waals surface area contributed by atoms with Crippen molar-refractivity contribution in [1.29, 1.82) is 0 Å². The van der Waals surface area contributed by atoms with Crippen LogP contribution in [0.1, 0.15) is 26.7 Å². The summed E-state index contributed by atoms with van der Waals surface area (Å²) in [6, 6.07) is 0.0839. The Labute approximate surface area is 114 Å². The number of hydrogen-bond acceptors (Lipinski definition) is 3. The maximum atomic E-state index is 12.1. The predicted octanol–water partition coefficient (Wildman–Crippen LogP) is 1.97. The maximum absolute atomic E-state index is 12.1. The minimum atomic E-state index is 0. The van der Waals surface area contributed by atoms with Gasteiger partial charge in [0.1, 0.15) is 0 Å². The summed E-state index contributed by atoms with van der Waals surface area (Å²) in [6.07, 6.45) is 2.37. The van der Waals surface area contributed by atoms with Crippen molar-refractivity contribution in [2.45, 2.75) is 32.7 Å². The normalized spacial score (nSPS) is 26.1. The highest BCUT2D eigenvalue weighted by Crippen LogP contribution is 2.25. The first kappa shape index (κ1) is 15.1. The number of rotatable bonds is 2. The second-order valence-electron chi connectivity index (χ2n) is 5.18. The Balaban J connectivity index is 0.00000144. The molecule has 0 spiro atoms. The van der Waals surface area contributed by atoms with Crippen LogP contribution in [0.5, 0.6) is 0 Å². The fourth-order valence-corrected chi connectivity index (χ4v) is 3.49. The zero-order valence-electron chi connectivity index (χ0n) is 10.6. The van der Waals surface area contributed by atoms with E-state index in [1.165, 1.54) is 12.8 Å². The van der Waals surface area contributed by atoms with Crippen LogP contribution in [0.3, 0.4) is 0 Å². The van der Waals surface area contributed by atoms with Crippen LogP contribution >= 0.6 is 24.2 Å². The molecule has 0 bridgehead atoms. The Morgan fingerprint density at radius 2 is 2.00 bits per heavy atom. The fraction of sp³-hybridized carbons (Fsp3) is 0.917. The second kappa shape index (κ2) is 6.86. The van der Waals surface area contributed by atoms with Gasteiger partial charge in [-0.3, -0.25) is 10.1 Å². The average Bonchev–Trinajstić information content (AvgIpc) is 2.81. The third-order valence-electron chi connectivity index (χ3n) is 3.81. The van der Waals surface area contributed by atoms with Crippen molar-refractivity contribution in [1.82, 2.24) is 10.2 Å². The Kier molecular flexibility index (Phi) is 6.10. The van der Waals surface area contributed by atoms with E-state index >= 15 is 0 Å². The summed E-state index contributed by atoms with van der Waals surface area (Å²) in [4.78, 5) is 14.2. The highest BCUT2D eigenvalue weighted by molar-refractivity contribution is 7.99. The quantitative estimate of drug-likeness (QED) is 0.838. The van der Waals surface area contributed by atoms with Crippen molar-refractivity contribution in [3.05, 3.63) is 0 Å². The Morgan fingerprint density at radius 3 is 2.47 bits per heavy atom. The van der Waals surface area contributed by atoms with E-state index in [0.717, 1.165) is 36.6 Å². The van der Waals surface area contributed by atoms with Gasteiger partial charge in [0, 0.05) is 24.7 Å². The number of carbonyl (C=O) groups is 1. The number of nitrogens with zero attached hydrogens (tertiary/aromatic N) is 1. The lowest BCUT2D eigenvalue weighted by Gasteiger charge is -2.35. The standard InChI is InChI=1S/C12H22N2OS.ClH/c1-9(2)10-3-5-14(6-4-10)12(15)11-7-16-8-13-11;/h9-11,13H,3-8H2,1-2H3;1H. The maximum Gasteiger partial charge on any atom is 0.240 e. The number of thioether (sulfide) groups is 1. The summed E-state index contributed by atoms with van der Waals surface area (Å²) in [6.45, 7) is 6.50. The topological polar surface area (TPSA) is 32.3 Å².